The zero-order valence-electron chi connectivity index (χ0n) is 14.5. The molecule has 28 heavy (non-hydrogen) atoms. The van der Waals surface area contributed by atoms with Crippen LogP contribution in [0.25, 0.3) is 11.1 Å². The zero-order valence-corrected chi connectivity index (χ0v) is 14.5. The molecular formula is C21H14N2O5. The van der Waals surface area contributed by atoms with E-state index in [4.69, 9.17) is 0 Å². The van der Waals surface area contributed by atoms with Gasteiger partial charge in [0.25, 0.3) is 11.6 Å². The summed E-state index contributed by atoms with van der Waals surface area (Å²) >= 11 is 0. The summed E-state index contributed by atoms with van der Waals surface area (Å²) in [5.74, 6) is -2.24. The minimum Gasteiger partial charge on any atom is -0.477 e. The van der Waals surface area contributed by atoms with Gasteiger partial charge in [-0.1, -0.05) is 36.4 Å². The molecule has 1 aliphatic carbocycles. The number of carboxylic acid groups (broad SMARTS) is 1. The second-order valence-corrected chi connectivity index (χ2v) is 6.42. The molecule has 7 nitrogen and oxygen atoms in total. The Morgan fingerprint density at radius 3 is 2.46 bits per heavy atom. The lowest BCUT2D eigenvalue weighted by Gasteiger charge is -2.10. The van der Waals surface area contributed by atoms with Crippen molar-refractivity contribution in [1.29, 1.82) is 0 Å². The molecule has 0 bridgehead atoms. The van der Waals surface area contributed by atoms with Crippen molar-refractivity contribution in [3.05, 3.63) is 93.0 Å². The summed E-state index contributed by atoms with van der Waals surface area (Å²) in [7, 11) is 0. The van der Waals surface area contributed by atoms with Crippen molar-refractivity contribution >= 4 is 23.3 Å². The fourth-order valence-corrected chi connectivity index (χ4v) is 3.51. The van der Waals surface area contributed by atoms with Crippen molar-refractivity contribution in [3.8, 4) is 11.1 Å². The Hall–Kier alpha value is -4.00. The first-order chi connectivity index (χ1) is 13.5. The summed E-state index contributed by atoms with van der Waals surface area (Å²) in [6.45, 7) is 0. The summed E-state index contributed by atoms with van der Waals surface area (Å²) in [5, 5.41) is 23.1. The summed E-state index contributed by atoms with van der Waals surface area (Å²) in [4.78, 5) is 34.5. The number of nitrogens with zero attached hydrogens (tertiary/aromatic N) is 1. The molecule has 0 saturated heterocycles. The normalized spacial score (nSPS) is 11.4. The van der Waals surface area contributed by atoms with Gasteiger partial charge in [0.2, 0.25) is 0 Å². The van der Waals surface area contributed by atoms with Crippen LogP contribution in [0.15, 0.2) is 60.7 Å². The van der Waals surface area contributed by atoms with Crippen LogP contribution < -0.4 is 5.32 Å². The van der Waals surface area contributed by atoms with Crippen molar-refractivity contribution in [1.82, 2.24) is 0 Å². The quantitative estimate of drug-likeness (QED) is 0.412. The molecule has 0 aromatic heterocycles. The van der Waals surface area contributed by atoms with Gasteiger partial charge in [-0.2, -0.15) is 0 Å². The summed E-state index contributed by atoms with van der Waals surface area (Å²) in [5.41, 5.74) is 3.42. The highest BCUT2D eigenvalue weighted by Gasteiger charge is 2.27. The van der Waals surface area contributed by atoms with Crippen LogP contribution in [-0.2, 0) is 6.42 Å². The molecule has 0 heterocycles. The van der Waals surface area contributed by atoms with E-state index in [1.807, 2.05) is 30.3 Å². The standard InChI is InChI=1S/C21H14N2O5/c24-20(16-6-3-7-18(23(27)28)19(16)21(25)26)22-14-9-8-13-10-12-4-1-2-5-15(12)17(13)11-14/h1-9,11H,10H2,(H,22,24)(H,25,26). The van der Waals surface area contributed by atoms with Crippen LogP contribution >= 0.6 is 0 Å². The van der Waals surface area contributed by atoms with Crippen LogP contribution in [0.5, 0.6) is 0 Å². The third-order valence-corrected chi connectivity index (χ3v) is 4.75. The molecule has 2 N–H and O–H groups in total. The van der Waals surface area contributed by atoms with Gasteiger partial charge in [0, 0.05) is 11.8 Å². The number of carbonyl (C=O) groups excluding carboxylic acids is 1. The van der Waals surface area contributed by atoms with Crippen LogP contribution in [0.1, 0.15) is 31.8 Å². The van der Waals surface area contributed by atoms with Crippen LogP contribution in [-0.4, -0.2) is 21.9 Å². The Morgan fingerprint density at radius 2 is 1.71 bits per heavy atom. The third-order valence-electron chi connectivity index (χ3n) is 4.75. The first-order valence-electron chi connectivity index (χ1n) is 8.49. The van der Waals surface area contributed by atoms with E-state index in [0.717, 1.165) is 29.2 Å². The lowest BCUT2D eigenvalue weighted by molar-refractivity contribution is -0.385. The Labute approximate surface area is 159 Å². The molecular weight excluding hydrogens is 360 g/mol. The molecule has 1 aliphatic rings. The number of nitro groups is 1. The van der Waals surface area contributed by atoms with Crippen LogP contribution in [0.2, 0.25) is 0 Å². The van der Waals surface area contributed by atoms with Gasteiger partial charge < -0.3 is 10.4 Å². The molecule has 0 fully saturated rings. The number of nitrogens with one attached hydrogen (secondary N) is 1. The Bertz CT molecular complexity index is 1150. The number of anilines is 1. The van der Waals surface area contributed by atoms with Crippen molar-refractivity contribution < 1.29 is 19.6 Å². The van der Waals surface area contributed by atoms with Crippen LogP contribution in [0.3, 0.4) is 0 Å². The van der Waals surface area contributed by atoms with E-state index in [9.17, 15) is 24.8 Å². The average Bonchev–Trinajstić information content (AvgIpc) is 3.05. The number of hydrogen-bond donors (Lipinski definition) is 2. The number of amides is 1. The summed E-state index contributed by atoms with van der Waals surface area (Å²) in [6, 6.07) is 17.1. The topological polar surface area (TPSA) is 110 Å². The van der Waals surface area contributed by atoms with Gasteiger partial charge >= 0.3 is 5.97 Å². The van der Waals surface area contributed by atoms with Crippen molar-refractivity contribution in [2.45, 2.75) is 6.42 Å². The molecule has 138 valence electrons. The number of hydrogen-bond acceptors (Lipinski definition) is 4. The summed E-state index contributed by atoms with van der Waals surface area (Å²) < 4.78 is 0. The van der Waals surface area contributed by atoms with E-state index in [1.54, 1.807) is 6.07 Å². The summed E-state index contributed by atoms with van der Waals surface area (Å²) in [6.07, 6.45) is 0.813. The van der Waals surface area contributed by atoms with E-state index in [2.05, 4.69) is 11.4 Å². The third kappa shape index (κ3) is 2.88. The van der Waals surface area contributed by atoms with Crippen molar-refractivity contribution in [3.63, 3.8) is 0 Å². The molecule has 0 saturated carbocycles. The van der Waals surface area contributed by atoms with Gasteiger partial charge in [-0.05, 0) is 46.9 Å². The van der Waals surface area contributed by atoms with Crippen molar-refractivity contribution in [2.75, 3.05) is 5.32 Å². The fraction of sp³-hybridized carbons (Fsp3) is 0.0476. The van der Waals surface area contributed by atoms with Gasteiger partial charge in [0.15, 0.2) is 0 Å². The molecule has 0 spiro atoms. The molecule has 1 amide bonds. The molecule has 7 heteroatoms. The number of rotatable bonds is 4. The predicted molar refractivity (Wildman–Crippen MR) is 103 cm³/mol. The second-order valence-electron chi connectivity index (χ2n) is 6.42. The van der Waals surface area contributed by atoms with Crippen molar-refractivity contribution in [2.24, 2.45) is 0 Å². The highest BCUT2D eigenvalue weighted by molar-refractivity contribution is 6.12. The molecule has 3 aromatic carbocycles. The van der Waals surface area contributed by atoms with E-state index < -0.39 is 28.1 Å². The Morgan fingerprint density at radius 1 is 0.964 bits per heavy atom. The molecule has 0 unspecified atom stereocenters. The second kappa shape index (κ2) is 6.62. The SMILES string of the molecule is O=C(Nc1ccc2c(c1)-c1ccccc1C2)c1cccc([N+](=O)[O-])c1C(=O)O. The van der Waals surface area contributed by atoms with Gasteiger partial charge in [0.05, 0.1) is 10.5 Å². The lowest BCUT2D eigenvalue weighted by atomic mass is 10.0. The predicted octanol–water partition coefficient (Wildman–Crippen LogP) is 4.12. The van der Waals surface area contributed by atoms with E-state index in [1.165, 1.54) is 17.7 Å². The Kier molecular flexibility index (Phi) is 4.12. The number of carboxylic acids is 1. The highest BCUT2D eigenvalue weighted by atomic mass is 16.6. The molecule has 0 atom stereocenters. The smallest absolute Gasteiger partial charge is 0.343 e. The minimum absolute atomic E-state index is 0.261. The maximum absolute atomic E-state index is 12.7. The van der Waals surface area contributed by atoms with E-state index in [0.29, 0.717) is 5.69 Å². The average molecular weight is 374 g/mol. The van der Waals surface area contributed by atoms with E-state index in [-0.39, 0.29) is 5.56 Å². The largest absolute Gasteiger partial charge is 0.477 e. The van der Waals surface area contributed by atoms with Crippen LogP contribution in [0.4, 0.5) is 11.4 Å². The maximum atomic E-state index is 12.7. The maximum Gasteiger partial charge on any atom is 0.343 e. The van der Waals surface area contributed by atoms with Gasteiger partial charge in [0.1, 0.15) is 5.56 Å². The highest BCUT2D eigenvalue weighted by Crippen LogP contribution is 2.38. The first-order valence-corrected chi connectivity index (χ1v) is 8.49. The number of benzene rings is 3. The Balaban J connectivity index is 1.69. The number of aromatic carboxylic acids is 1. The van der Waals surface area contributed by atoms with Crippen LogP contribution in [0, 0.1) is 10.1 Å². The van der Waals surface area contributed by atoms with Gasteiger partial charge in [-0.15, -0.1) is 0 Å². The first kappa shape index (κ1) is 17.4. The molecule has 3 aromatic rings. The van der Waals surface area contributed by atoms with Gasteiger partial charge in [-0.3, -0.25) is 14.9 Å². The number of carbonyl (C=O) groups is 2. The molecule has 4 rings (SSSR count). The van der Waals surface area contributed by atoms with Gasteiger partial charge in [-0.25, -0.2) is 4.79 Å². The molecule has 0 aliphatic heterocycles. The minimum atomic E-state index is -1.53. The number of fused-ring (bicyclic) bond motifs is 3. The number of nitro benzene ring substituents is 1. The lowest BCUT2D eigenvalue weighted by Crippen LogP contribution is -2.17. The zero-order chi connectivity index (χ0) is 19.8. The monoisotopic (exact) mass is 374 g/mol. The van der Waals surface area contributed by atoms with E-state index >= 15 is 0 Å². The molecule has 0 radical (unpaired) electrons. The fourth-order valence-electron chi connectivity index (χ4n) is 3.51.